The Labute approximate surface area is 181 Å². The zero-order valence-corrected chi connectivity index (χ0v) is 17.7. The lowest BCUT2D eigenvalue weighted by molar-refractivity contribution is 0.524. The van der Waals surface area contributed by atoms with Crippen molar-refractivity contribution in [3.05, 3.63) is 94.5 Å². The summed E-state index contributed by atoms with van der Waals surface area (Å²) in [5.74, 6) is 0. The number of sulfonamides is 1. The van der Waals surface area contributed by atoms with Gasteiger partial charge in [-0.15, -0.1) is 0 Å². The largest absolute Gasteiger partial charge is 0.365 e. The van der Waals surface area contributed by atoms with E-state index in [2.05, 4.69) is 15.7 Å². The molecule has 5 nitrogen and oxygen atoms in total. The van der Waals surface area contributed by atoms with Gasteiger partial charge < -0.3 is 4.90 Å². The Kier molecular flexibility index (Phi) is 5.78. The van der Waals surface area contributed by atoms with Crippen molar-refractivity contribution in [1.82, 2.24) is 4.72 Å². The van der Waals surface area contributed by atoms with Crippen LogP contribution in [0.5, 0.6) is 0 Å². The fourth-order valence-electron chi connectivity index (χ4n) is 3.81. The highest BCUT2D eigenvalue weighted by Gasteiger charge is 2.29. The van der Waals surface area contributed by atoms with Crippen molar-refractivity contribution >= 4 is 27.3 Å². The molecule has 0 bridgehead atoms. The normalized spacial score (nSPS) is 16.0. The summed E-state index contributed by atoms with van der Waals surface area (Å²) in [5.41, 5.74) is 3.48. The zero-order chi connectivity index (χ0) is 21.1. The smallest absolute Gasteiger partial charge is 0.240 e. The van der Waals surface area contributed by atoms with Crippen LogP contribution < -0.4 is 9.62 Å². The Hall–Kier alpha value is -2.85. The molecule has 1 aliphatic rings. The fraction of sp³-hybridized carbons (Fsp3) is 0.174. The van der Waals surface area contributed by atoms with Crippen molar-refractivity contribution < 1.29 is 8.42 Å². The third kappa shape index (κ3) is 4.34. The molecule has 7 heteroatoms. The molecule has 1 heterocycles. The lowest BCUT2D eigenvalue weighted by Crippen LogP contribution is -2.48. The molecule has 0 saturated heterocycles. The second-order valence-corrected chi connectivity index (χ2v) is 9.41. The summed E-state index contributed by atoms with van der Waals surface area (Å²) in [6.07, 6.45) is 0.540. The number of halogens is 1. The Morgan fingerprint density at radius 2 is 1.80 bits per heavy atom. The predicted octanol–water partition coefficient (Wildman–Crippen LogP) is 4.12. The molecule has 3 aromatic rings. The molecule has 3 aromatic carbocycles. The second kappa shape index (κ2) is 8.49. The van der Waals surface area contributed by atoms with Crippen LogP contribution in [-0.4, -0.2) is 21.0 Å². The lowest BCUT2D eigenvalue weighted by atomic mass is 9.97. The average molecular weight is 438 g/mol. The van der Waals surface area contributed by atoms with E-state index in [1.165, 1.54) is 0 Å². The van der Waals surface area contributed by atoms with E-state index >= 15 is 0 Å². The fourth-order valence-corrected chi connectivity index (χ4v) is 5.25. The first kappa shape index (κ1) is 20.4. The predicted molar refractivity (Wildman–Crippen MR) is 118 cm³/mol. The summed E-state index contributed by atoms with van der Waals surface area (Å²) >= 11 is 6.21. The quantitative estimate of drug-likeness (QED) is 0.651. The van der Waals surface area contributed by atoms with Crippen LogP contribution in [0.4, 0.5) is 5.69 Å². The molecular weight excluding hydrogens is 418 g/mol. The van der Waals surface area contributed by atoms with E-state index in [0.29, 0.717) is 30.1 Å². The second-order valence-electron chi connectivity index (χ2n) is 7.26. The Balaban J connectivity index is 1.65. The Morgan fingerprint density at radius 1 is 1.07 bits per heavy atom. The molecule has 0 saturated carbocycles. The van der Waals surface area contributed by atoms with Crippen LogP contribution in [0.15, 0.2) is 77.7 Å². The molecule has 0 aromatic heterocycles. The van der Waals surface area contributed by atoms with Gasteiger partial charge in [-0.2, -0.15) is 5.26 Å². The first-order valence-corrected chi connectivity index (χ1v) is 11.4. The Morgan fingerprint density at radius 3 is 2.57 bits per heavy atom. The van der Waals surface area contributed by atoms with Gasteiger partial charge >= 0.3 is 0 Å². The maximum Gasteiger partial charge on any atom is 0.240 e. The van der Waals surface area contributed by atoms with Crippen molar-refractivity contribution in [1.29, 1.82) is 5.26 Å². The number of nitrogens with zero attached hydrogens (tertiary/aromatic N) is 2. The molecule has 0 amide bonds. The molecule has 1 atom stereocenters. The summed E-state index contributed by atoms with van der Waals surface area (Å²) in [6.45, 7) is 0.988. The van der Waals surface area contributed by atoms with Crippen LogP contribution in [-0.2, 0) is 23.0 Å². The highest BCUT2D eigenvalue weighted by Crippen LogP contribution is 2.31. The van der Waals surface area contributed by atoms with Gasteiger partial charge in [-0.3, -0.25) is 0 Å². The van der Waals surface area contributed by atoms with Crippen molar-refractivity contribution in [2.24, 2.45) is 0 Å². The third-order valence-electron chi connectivity index (χ3n) is 5.16. The van der Waals surface area contributed by atoms with Crippen molar-refractivity contribution in [2.45, 2.75) is 23.9 Å². The number of benzene rings is 3. The van der Waals surface area contributed by atoms with Gasteiger partial charge in [-0.1, -0.05) is 48.0 Å². The maximum atomic E-state index is 12.8. The summed E-state index contributed by atoms with van der Waals surface area (Å²) in [7, 11) is -3.64. The van der Waals surface area contributed by atoms with Crippen LogP contribution in [0.2, 0.25) is 5.02 Å². The van der Waals surface area contributed by atoms with Gasteiger partial charge in [0, 0.05) is 29.8 Å². The van der Waals surface area contributed by atoms with Gasteiger partial charge in [0.25, 0.3) is 0 Å². The number of fused-ring (bicyclic) bond motifs is 1. The van der Waals surface area contributed by atoms with Gasteiger partial charge in [-0.05, 0) is 53.9 Å². The first-order chi connectivity index (χ1) is 14.5. The zero-order valence-electron chi connectivity index (χ0n) is 16.1. The molecule has 0 aliphatic carbocycles. The highest BCUT2D eigenvalue weighted by molar-refractivity contribution is 7.89. The van der Waals surface area contributed by atoms with Crippen LogP contribution in [0, 0.1) is 11.3 Å². The molecule has 0 spiro atoms. The number of hydrogen-bond donors (Lipinski definition) is 1. The first-order valence-electron chi connectivity index (χ1n) is 9.55. The van der Waals surface area contributed by atoms with Gasteiger partial charge in [0.15, 0.2) is 0 Å². The summed E-state index contributed by atoms with van der Waals surface area (Å²) in [6, 6.07) is 23.4. The van der Waals surface area contributed by atoms with Crippen LogP contribution in [0.1, 0.15) is 16.7 Å². The van der Waals surface area contributed by atoms with E-state index < -0.39 is 10.0 Å². The number of hydrogen-bond acceptors (Lipinski definition) is 4. The van der Waals surface area contributed by atoms with Gasteiger partial charge in [0.2, 0.25) is 10.0 Å². The SMILES string of the molecule is N#Cc1ccccc1CN1CC(NS(=O)(=O)c2ccccc2)Cc2cc(Cl)ccc21. The molecule has 1 N–H and O–H groups in total. The molecule has 30 heavy (non-hydrogen) atoms. The third-order valence-corrected chi connectivity index (χ3v) is 6.94. The number of nitrogens with one attached hydrogen (secondary N) is 1. The van der Waals surface area contributed by atoms with E-state index in [0.717, 1.165) is 16.8 Å². The topological polar surface area (TPSA) is 73.2 Å². The molecule has 152 valence electrons. The van der Waals surface area contributed by atoms with Crippen LogP contribution in [0.3, 0.4) is 0 Å². The van der Waals surface area contributed by atoms with E-state index in [1.807, 2.05) is 36.4 Å². The van der Waals surface area contributed by atoms with E-state index in [9.17, 15) is 13.7 Å². The minimum atomic E-state index is -3.64. The monoisotopic (exact) mass is 437 g/mol. The molecule has 1 aliphatic heterocycles. The van der Waals surface area contributed by atoms with Crippen LogP contribution in [0.25, 0.3) is 0 Å². The molecule has 0 fully saturated rings. The molecule has 0 radical (unpaired) electrons. The van der Waals surface area contributed by atoms with E-state index in [-0.39, 0.29) is 10.9 Å². The highest BCUT2D eigenvalue weighted by atomic mass is 35.5. The summed E-state index contributed by atoms with van der Waals surface area (Å²) in [4.78, 5) is 2.34. The molecular formula is C23H20ClN3O2S. The maximum absolute atomic E-state index is 12.8. The van der Waals surface area contributed by atoms with Crippen molar-refractivity contribution in [3.63, 3.8) is 0 Å². The number of nitriles is 1. The van der Waals surface area contributed by atoms with Gasteiger partial charge in [-0.25, -0.2) is 13.1 Å². The van der Waals surface area contributed by atoms with E-state index in [1.54, 1.807) is 36.4 Å². The molecule has 1 unspecified atom stereocenters. The minimum absolute atomic E-state index is 0.239. The summed E-state index contributed by atoms with van der Waals surface area (Å²) < 4.78 is 28.5. The minimum Gasteiger partial charge on any atom is -0.365 e. The van der Waals surface area contributed by atoms with Gasteiger partial charge in [0.1, 0.15) is 0 Å². The van der Waals surface area contributed by atoms with Gasteiger partial charge in [0.05, 0.1) is 16.5 Å². The van der Waals surface area contributed by atoms with E-state index in [4.69, 9.17) is 11.6 Å². The van der Waals surface area contributed by atoms with Crippen molar-refractivity contribution in [3.8, 4) is 6.07 Å². The lowest BCUT2D eigenvalue weighted by Gasteiger charge is -2.36. The Bertz CT molecular complexity index is 1210. The summed E-state index contributed by atoms with van der Waals surface area (Å²) in [5, 5.41) is 10.0. The molecule has 4 rings (SSSR count). The number of anilines is 1. The standard InChI is InChI=1S/C23H20ClN3O2S/c24-20-10-11-23-19(12-20)13-21(26-30(28,29)22-8-2-1-3-9-22)16-27(23)15-18-7-5-4-6-17(18)14-25/h1-12,21,26H,13,15-16H2. The van der Waals surface area contributed by atoms with Crippen LogP contribution >= 0.6 is 11.6 Å². The average Bonchev–Trinajstić information content (AvgIpc) is 2.74. The van der Waals surface area contributed by atoms with Crippen molar-refractivity contribution in [2.75, 3.05) is 11.4 Å². The number of rotatable bonds is 5.